The molecule has 3 rings (SSSR count). The highest BCUT2D eigenvalue weighted by molar-refractivity contribution is 6.03. The van der Waals surface area contributed by atoms with E-state index in [4.69, 9.17) is 20.6 Å². The van der Waals surface area contributed by atoms with Gasteiger partial charge in [0.05, 0.1) is 18.4 Å². The van der Waals surface area contributed by atoms with Crippen molar-refractivity contribution in [2.45, 2.75) is 13.0 Å². The lowest BCUT2D eigenvalue weighted by Gasteiger charge is -2.29. The molecular weight excluding hydrogens is 394 g/mol. The third-order valence-corrected chi connectivity index (χ3v) is 4.71. The first-order valence-electron chi connectivity index (χ1n) is 9.70. The number of amides is 1. The van der Waals surface area contributed by atoms with E-state index in [1.807, 2.05) is 13.0 Å². The molecule has 0 radical (unpaired) electrons. The minimum atomic E-state index is -0.370. The number of anilines is 1. The largest absolute Gasteiger partial charge is 0.490 e. The van der Waals surface area contributed by atoms with Gasteiger partial charge in [0.1, 0.15) is 18.8 Å². The van der Waals surface area contributed by atoms with Crippen molar-refractivity contribution in [3.8, 4) is 35.7 Å². The summed E-state index contributed by atoms with van der Waals surface area (Å²) < 4.78 is 17.2. The first-order valence-corrected chi connectivity index (χ1v) is 9.70. The quantitative estimate of drug-likeness (QED) is 0.507. The molecule has 2 aromatic rings. The summed E-state index contributed by atoms with van der Waals surface area (Å²) in [6.45, 7) is 3.34. The smallest absolute Gasteiger partial charge is 0.248 e. The van der Waals surface area contributed by atoms with E-state index in [1.54, 1.807) is 30.3 Å². The van der Waals surface area contributed by atoms with Gasteiger partial charge in [-0.2, -0.15) is 5.26 Å². The molecule has 1 amide bonds. The fourth-order valence-corrected chi connectivity index (χ4v) is 3.01. The van der Waals surface area contributed by atoms with Crippen molar-refractivity contribution in [3.63, 3.8) is 0 Å². The highest BCUT2D eigenvalue weighted by atomic mass is 16.5. The Hall–Kier alpha value is -3.94. The van der Waals surface area contributed by atoms with Gasteiger partial charge >= 0.3 is 0 Å². The van der Waals surface area contributed by atoms with Crippen LogP contribution in [0.25, 0.3) is 6.08 Å². The number of ether oxygens (including phenoxy) is 3. The van der Waals surface area contributed by atoms with E-state index in [1.165, 1.54) is 13.2 Å². The number of hydrogen-bond acceptors (Lipinski definition) is 6. The Morgan fingerprint density at radius 2 is 2.13 bits per heavy atom. The Balaban J connectivity index is 1.86. The highest BCUT2D eigenvalue weighted by Crippen LogP contribution is 2.41. The fourth-order valence-electron chi connectivity index (χ4n) is 3.01. The summed E-state index contributed by atoms with van der Waals surface area (Å²) in [7, 11) is 1.52. The number of aryl methyl sites for hydroxylation is 1. The summed E-state index contributed by atoms with van der Waals surface area (Å²) in [5, 5.41) is 15.2. The van der Waals surface area contributed by atoms with Crippen molar-refractivity contribution in [1.82, 2.24) is 5.32 Å². The van der Waals surface area contributed by atoms with Gasteiger partial charge in [-0.1, -0.05) is 18.1 Å². The van der Waals surface area contributed by atoms with Gasteiger partial charge in [0.2, 0.25) is 11.7 Å². The maximum atomic E-state index is 12.5. The number of nitrogens with zero attached hydrogens (tertiary/aromatic N) is 1. The molecule has 0 aliphatic carbocycles. The van der Waals surface area contributed by atoms with Crippen molar-refractivity contribution >= 4 is 17.7 Å². The molecule has 1 saturated heterocycles. The van der Waals surface area contributed by atoms with Crippen LogP contribution in [0.15, 0.2) is 36.4 Å². The number of methoxy groups -OCH3 is 1. The van der Waals surface area contributed by atoms with Gasteiger partial charge in [0, 0.05) is 24.7 Å². The topological polar surface area (TPSA) is 92.6 Å². The number of carbonyl (C=O) groups is 1. The van der Waals surface area contributed by atoms with Crippen molar-refractivity contribution in [1.29, 1.82) is 5.26 Å². The molecule has 0 aromatic heterocycles. The molecule has 31 heavy (non-hydrogen) atoms. The normalized spacial score (nSPS) is 13.0. The summed E-state index contributed by atoms with van der Waals surface area (Å²) in [4.78, 5) is 12.5. The molecule has 1 aliphatic heterocycles. The van der Waals surface area contributed by atoms with Gasteiger partial charge in [0.25, 0.3) is 0 Å². The molecule has 7 nitrogen and oxygen atoms in total. The van der Waals surface area contributed by atoms with Crippen molar-refractivity contribution in [2.24, 2.45) is 0 Å². The SMILES string of the molecule is C#CCOc1ccc(/C=C/C(=O)Nc2cccc(C)c2C#N)c(OC2CNC2)c1OC. The summed E-state index contributed by atoms with van der Waals surface area (Å²) in [6.07, 6.45) is 8.29. The molecule has 7 heteroatoms. The minimum Gasteiger partial charge on any atom is -0.490 e. The second-order valence-corrected chi connectivity index (χ2v) is 6.84. The first kappa shape index (κ1) is 21.8. The summed E-state index contributed by atoms with van der Waals surface area (Å²) >= 11 is 0. The maximum absolute atomic E-state index is 12.5. The van der Waals surface area contributed by atoms with Crippen molar-refractivity contribution < 1.29 is 19.0 Å². The van der Waals surface area contributed by atoms with Crippen LogP contribution in [-0.4, -0.2) is 38.8 Å². The second-order valence-electron chi connectivity index (χ2n) is 6.84. The van der Waals surface area contributed by atoms with Crippen LogP contribution in [0.2, 0.25) is 0 Å². The molecule has 0 saturated carbocycles. The van der Waals surface area contributed by atoms with E-state index in [0.717, 1.165) is 5.56 Å². The van der Waals surface area contributed by atoms with Crippen LogP contribution in [0.5, 0.6) is 17.2 Å². The Labute approximate surface area is 181 Å². The van der Waals surface area contributed by atoms with Gasteiger partial charge in [-0.25, -0.2) is 0 Å². The average Bonchev–Trinajstić information content (AvgIpc) is 2.73. The molecular formula is C24H23N3O4. The van der Waals surface area contributed by atoms with Gasteiger partial charge < -0.3 is 24.8 Å². The number of hydrogen-bond donors (Lipinski definition) is 2. The zero-order chi connectivity index (χ0) is 22.2. The van der Waals surface area contributed by atoms with Crippen LogP contribution in [0.4, 0.5) is 5.69 Å². The standard InChI is InChI=1S/C24H23N3O4/c1-4-12-30-21-10-8-17(23(24(21)29-3)31-18-14-26-15-18)9-11-22(28)27-20-7-5-6-16(2)19(20)13-25/h1,5-11,18,26H,12,14-15H2,2-3H3,(H,27,28)/b11-9+. The van der Waals surface area contributed by atoms with E-state index in [0.29, 0.717) is 47.2 Å². The van der Waals surface area contributed by atoms with Crippen LogP contribution in [0.1, 0.15) is 16.7 Å². The number of terminal acetylenes is 1. The molecule has 0 spiro atoms. The molecule has 1 aliphatic rings. The number of benzene rings is 2. The van der Waals surface area contributed by atoms with E-state index < -0.39 is 0 Å². The van der Waals surface area contributed by atoms with E-state index in [9.17, 15) is 10.1 Å². The highest BCUT2D eigenvalue weighted by Gasteiger charge is 2.24. The van der Waals surface area contributed by atoms with Crippen molar-refractivity contribution in [2.75, 3.05) is 32.1 Å². The molecule has 0 atom stereocenters. The van der Waals surface area contributed by atoms with Gasteiger partial charge in [0.15, 0.2) is 11.5 Å². The fraction of sp³-hybridized carbons (Fsp3) is 0.250. The summed E-state index contributed by atoms with van der Waals surface area (Å²) in [5.41, 5.74) is 2.34. The van der Waals surface area contributed by atoms with Crippen LogP contribution < -0.4 is 24.8 Å². The number of nitrogens with one attached hydrogen (secondary N) is 2. The Kier molecular flexibility index (Phi) is 7.16. The number of rotatable bonds is 8. The molecule has 1 heterocycles. The monoisotopic (exact) mass is 417 g/mol. The van der Waals surface area contributed by atoms with Crippen LogP contribution in [0, 0.1) is 30.6 Å². The van der Waals surface area contributed by atoms with E-state index >= 15 is 0 Å². The predicted molar refractivity (Wildman–Crippen MR) is 118 cm³/mol. The van der Waals surface area contributed by atoms with Crippen molar-refractivity contribution in [3.05, 3.63) is 53.1 Å². The molecule has 0 bridgehead atoms. The maximum Gasteiger partial charge on any atom is 0.248 e. The average molecular weight is 417 g/mol. The van der Waals surface area contributed by atoms with E-state index in [-0.39, 0.29) is 18.6 Å². The number of nitriles is 1. The third-order valence-electron chi connectivity index (χ3n) is 4.71. The van der Waals surface area contributed by atoms with E-state index in [2.05, 4.69) is 22.6 Å². The Morgan fingerprint density at radius 3 is 2.77 bits per heavy atom. The van der Waals surface area contributed by atoms with Gasteiger partial charge in [-0.15, -0.1) is 6.42 Å². The molecule has 1 fully saturated rings. The zero-order valence-corrected chi connectivity index (χ0v) is 17.4. The van der Waals surface area contributed by atoms with Crippen LogP contribution in [-0.2, 0) is 4.79 Å². The van der Waals surface area contributed by atoms with Crippen LogP contribution in [0.3, 0.4) is 0 Å². The zero-order valence-electron chi connectivity index (χ0n) is 17.4. The lowest BCUT2D eigenvalue weighted by Crippen LogP contribution is -2.50. The summed E-state index contributed by atoms with van der Waals surface area (Å²) in [5.74, 6) is 3.40. The van der Waals surface area contributed by atoms with Gasteiger partial charge in [-0.05, 0) is 36.8 Å². The minimum absolute atomic E-state index is 0.0109. The number of carbonyl (C=O) groups excluding carboxylic acids is 1. The molecule has 158 valence electrons. The molecule has 2 N–H and O–H groups in total. The Morgan fingerprint density at radius 1 is 1.32 bits per heavy atom. The molecule has 2 aromatic carbocycles. The predicted octanol–water partition coefficient (Wildman–Crippen LogP) is 2.89. The Bertz CT molecular complexity index is 1080. The molecule has 0 unspecified atom stereocenters. The lowest BCUT2D eigenvalue weighted by atomic mass is 10.1. The summed E-state index contributed by atoms with van der Waals surface area (Å²) in [6, 6.07) is 10.9. The first-order chi connectivity index (χ1) is 15.1. The van der Waals surface area contributed by atoms with Gasteiger partial charge in [-0.3, -0.25) is 4.79 Å². The second kappa shape index (κ2) is 10.2. The third kappa shape index (κ3) is 5.16. The lowest BCUT2D eigenvalue weighted by molar-refractivity contribution is -0.111. The van der Waals surface area contributed by atoms with Crippen LogP contribution >= 0.6 is 0 Å².